The molecular formula is C18H18N4O2S2. The molecule has 0 saturated heterocycles. The summed E-state index contributed by atoms with van der Waals surface area (Å²) in [5.74, 6) is -0.144. The Morgan fingerprint density at radius 2 is 1.96 bits per heavy atom. The van der Waals surface area contributed by atoms with E-state index in [1.807, 2.05) is 48.9 Å². The fourth-order valence-corrected chi connectivity index (χ4v) is 3.42. The minimum Gasteiger partial charge on any atom is -0.464 e. The number of nitrogens with one attached hydrogen (secondary N) is 2. The number of carbonyl (C=O) groups is 1. The molecule has 0 aliphatic carbocycles. The average Bonchev–Trinajstić information content (AvgIpc) is 3.14. The van der Waals surface area contributed by atoms with Gasteiger partial charge in [-0.2, -0.15) is 0 Å². The van der Waals surface area contributed by atoms with Crippen molar-refractivity contribution in [2.45, 2.75) is 6.92 Å². The Hall–Kier alpha value is -2.58. The molecule has 1 amide bonds. The van der Waals surface area contributed by atoms with Crippen LogP contribution in [-0.2, 0) is 0 Å². The highest BCUT2D eigenvalue weighted by molar-refractivity contribution is 7.99. The van der Waals surface area contributed by atoms with E-state index in [2.05, 4.69) is 20.0 Å². The molecule has 26 heavy (non-hydrogen) atoms. The highest BCUT2D eigenvalue weighted by atomic mass is 32.2. The molecule has 0 aliphatic rings. The third kappa shape index (κ3) is 4.53. The zero-order valence-electron chi connectivity index (χ0n) is 14.4. The first-order valence-electron chi connectivity index (χ1n) is 7.93. The van der Waals surface area contributed by atoms with Gasteiger partial charge >= 0.3 is 6.01 Å². The Morgan fingerprint density at radius 3 is 2.69 bits per heavy atom. The van der Waals surface area contributed by atoms with Gasteiger partial charge in [-0.05, 0) is 42.1 Å². The lowest BCUT2D eigenvalue weighted by Gasteiger charge is -2.07. The monoisotopic (exact) mass is 386 g/mol. The fraction of sp³-hybridized carbons (Fsp3) is 0.167. The van der Waals surface area contributed by atoms with E-state index < -0.39 is 0 Å². The van der Waals surface area contributed by atoms with E-state index in [0.29, 0.717) is 17.5 Å². The molecule has 0 aliphatic heterocycles. The Morgan fingerprint density at radius 1 is 1.19 bits per heavy atom. The predicted molar refractivity (Wildman–Crippen MR) is 108 cm³/mol. The molecule has 0 bridgehead atoms. The first kappa shape index (κ1) is 18.2. The molecule has 2 aromatic heterocycles. The maximum atomic E-state index is 12.5. The zero-order chi connectivity index (χ0) is 18.4. The number of carbonyl (C=O) groups excluding carboxylic acids is 1. The lowest BCUT2D eigenvalue weighted by molar-refractivity contribution is 0.103. The van der Waals surface area contributed by atoms with E-state index in [9.17, 15) is 4.79 Å². The van der Waals surface area contributed by atoms with Gasteiger partial charge in [0.25, 0.3) is 5.91 Å². The summed E-state index contributed by atoms with van der Waals surface area (Å²) in [5.41, 5.74) is 3.43. The molecular weight excluding hydrogens is 368 g/mol. The number of rotatable bonds is 7. The van der Waals surface area contributed by atoms with E-state index in [1.165, 1.54) is 23.3 Å². The molecule has 0 atom stereocenters. The van der Waals surface area contributed by atoms with Crippen LogP contribution in [-0.4, -0.2) is 28.7 Å². The molecule has 1 aromatic carbocycles. The number of anilines is 2. The van der Waals surface area contributed by atoms with Crippen LogP contribution in [0.2, 0.25) is 0 Å². The number of ether oxygens (including phenoxy) is 1. The molecule has 0 unspecified atom stereocenters. The molecule has 2 N–H and O–H groups in total. The Labute approximate surface area is 160 Å². The number of hydrogen-bond acceptors (Lipinski definition) is 7. The van der Waals surface area contributed by atoms with Gasteiger partial charge in [-0.25, -0.2) is 9.97 Å². The highest BCUT2D eigenvalue weighted by Crippen LogP contribution is 2.26. The number of thiophene rings is 1. The number of nitrogens with zero attached hydrogens (tertiary/aromatic N) is 2. The molecule has 3 aromatic rings. The second-order valence-electron chi connectivity index (χ2n) is 5.23. The molecule has 3 rings (SSSR count). The Kier molecular flexibility index (Phi) is 6.08. The van der Waals surface area contributed by atoms with Crippen molar-refractivity contribution < 1.29 is 9.53 Å². The van der Waals surface area contributed by atoms with Crippen LogP contribution in [0.1, 0.15) is 16.6 Å². The summed E-state index contributed by atoms with van der Waals surface area (Å²) < 4.78 is 8.39. The quantitative estimate of drug-likeness (QED) is 0.580. The molecule has 134 valence electrons. The first-order chi connectivity index (χ1) is 12.7. The van der Waals surface area contributed by atoms with Gasteiger partial charge in [0, 0.05) is 35.6 Å². The summed E-state index contributed by atoms with van der Waals surface area (Å²) in [5, 5.41) is 4.83. The maximum absolute atomic E-state index is 12.5. The summed E-state index contributed by atoms with van der Waals surface area (Å²) in [6.45, 7) is 2.41. The van der Waals surface area contributed by atoms with Crippen molar-refractivity contribution in [1.82, 2.24) is 9.97 Å². The van der Waals surface area contributed by atoms with Gasteiger partial charge in [0.2, 0.25) is 0 Å². The SMILES string of the molecule is CCOc1ncc(-c2csc(C(=O)Nc3cccc(NSC)c3)c2)cn1. The zero-order valence-corrected chi connectivity index (χ0v) is 16.0. The van der Waals surface area contributed by atoms with Gasteiger partial charge in [0.15, 0.2) is 0 Å². The largest absolute Gasteiger partial charge is 0.464 e. The van der Waals surface area contributed by atoms with Crippen LogP contribution in [0.3, 0.4) is 0 Å². The van der Waals surface area contributed by atoms with Crippen molar-refractivity contribution in [2.24, 2.45) is 0 Å². The fourth-order valence-electron chi connectivity index (χ4n) is 2.25. The van der Waals surface area contributed by atoms with E-state index in [0.717, 1.165) is 22.5 Å². The minimum absolute atomic E-state index is 0.144. The second kappa shape index (κ2) is 8.68. The van der Waals surface area contributed by atoms with Crippen molar-refractivity contribution in [3.8, 4) is 17.1 Å². The predicted octanol–water partition coefficient (Wildman–Crippen LogP) is 4.55. The van der Waals surface area contributed by atoms with Gasteiger partial charge in [-0.15, -0.1) is 11.3 Å². The number of benzene rings is 1. The smallest absolute Gasteiger partial charge is 0.316 e. The van der Waals surface area contributed by atoms with Gasteiger partial charge < -0.3 is 14.8 Å². The summed E-state index contributed by atoms with van der Waals surface area (Å²) in [7, 11) is 0. The van der Waals surface area contributed by atoms with Crippen LogP contribution in [0.4, 0.5) is 11.4 Å². The normalized spacial score (nSPS) is 10.4. The third-order valence-electron chi connectivity index (χ3n) is 3.40. The van der Waals surface area contributed by atoms with Crippen LogP contribution >= 0.6 is 23.3 Å². The number of hydrogen-bond donors (Lipinski definition) is 2. The standard InChI is InChI=1S/C18H18N4O2S2/c1-3-24-18-19-9-13(10-20-18)12-7-16(26-11-12)17(23)21-14-5-4-6-15(8-14)22-25-2/h4-11,22H,3H2,1-2H3,(H,21,23). The lowest BCUT2D eigenvalue weighted by atomic mass is 10.2. The number of aromatic nitrogens is 2. The van der Waals surface area contributed by atoms with Crippen LogP contribution in [0, 0.1) is 0 Å². The van der Waals surface area contributed by atoms with Crippen LogP contribution in [0.15, 0.2) is 48.1 Å². The molecule has 8 heteroatoms. The molecule has 0 fully saturated rings. The Balaban J connectivity index is 1.70. The van der Waals surface area contributed by atoms with E-state index in [4.69, 9.17) is 4.74 Å². The van der Waals surface area contributed by atoms with Crippen LogP contribution in [0.5, 0.6) is 6.01 Å². The van der Waals surface area contributed by atoms with Crippen molar-refractivity contribution in [2.75, 3.05) is 22.9 Å². The van der Waals surface area contributed by atoms with Crippen molar-refractivity contribution in [1.29, 1.82) is 0 Å². The summed E-state index contributed by atoms with van der Waals surface area (Å²) in [6.07, 6.45) is 5.33. The maximum Gasteiger partial charge on any atom is 0.316 e. The average molecular weight is 387 g/mol. The van der Waals surface area contributed by atoms with Gasteiger partial charge in [-0.3, -0.25) is 4.79 Å². The van der Waals surface area contributed by atoms with E-state index >= 15 is 0 Å². The first-order valence-corrected chi connectivity index (χ1v) is 10.0. The van der Waals surface area contributed by atoms with Gasteiger partial charge in [0.05, 0.1) is 11.5 Å². The summed E-state index contributed by atoms with van der Waals surface area (Å²) in [6, 6.07) is 9.78. The number of amides is 1. The van der Waals surface area contributed by atoms with Gasteiger partial charge in [-0.1, -0.05) is 18.0 Å². The topological polar surface area (TPSA) is 76.1 Å². The van der Waals surface area contributed by atoms with E-state index in [1.54, 1.807) is 12.4 Å². The lowest BCUT2D eigenvalue weighted by Crippen LogP contribution is -2.10. The van der Waals surface area contributed by atoms with Crippen molar-refractivity contribution in [3.05, 3.63) is 53.0 Å². The van der Waals surface area contributed by atoms with Gasteiger partial charge in [0.1, 0.15) is 0 Å². The molecule has 2 heterocycles. The van der Waals surface area contributed by atoms with Crippen molar-refractivity contribution in [3.63, 3.8) is 0 Å². The molecule has 0 saturated carbocycles. The summed E-state index contributed by atoms with van der Waals surface area (Å²) >= 11 is 2.88. The minimum atomic E-state index is -0.144. The van der Waals surface area contributed by atoms with E-state index in [-0.39, 0.29) is 5.91 Å². The molecule has 6 nitrogen and oxygen atoms in total. The van der Waals surface area contributed by atoms with Crippen molar-refractivity contribution >= 4 is 40.6 Å². The van der Waals surface area contributed by atoms with Crippen LogP contribution < -0.4 is 14.8 Å². The summed E-state index contributed by atoms with van der Waals surface area (Å²) in [4.78, 5) is 21.4. The molecule has 0 radical (unpaired) electrons. The second-order valence-corrected chi connectivity index (χ2v) is 6.75. The highest BCUT2D eigenvalue weighted by Gasteiger charge is 2.11. The third-order valence-corrected chi connectivity index (χ3v) is 4.77. The van der Waals surface area contributed by atoms with Crippen LogP contribution in [0.25, 0.3) is 11.1 Å². The Bertz CT molecular complexity index is 881. The molecule has 0 spiro atoms.